The Bertz CT molecular complexity index is 808. The molecule has 0 amide bonds. The van der Waals surface area contributed by atoms with Crippen LogP contribution in [0.25, 0.3) is 0 Å². The fourth-order valence-corrected chi connectivity index (χ4v) is 2.67. The lowest BCUT2D eigenvalue weighted by Gasteiger charge is -2.19. The minimum Gasteiger partial charge on any atom is -0.507 e. The van der Waals surface area contributed by atoms with E-state index < -0.39 is 0 Å². The number of nitrogens with zero attached hydrogens (tertiary/aromatic N) is 1. The standard InChI is InChI=1S/C20H20N2O2/c1-2-3-12-21-16-13-17(22-14-8-5-4-6-9-14)20(24)15-10-7-11-18(23)19(15)16/h4-11,13,22-23H,2-3,12H2,1H3. The molecule has 0 aromatic heterocycles. The van der Waals surface area contributed by atoms with Gasteiger partial charge >= 0.3 is 0 Å². The van der Waals surface area contributed by atoms with E-state index in [0.717, 1.165) is 18.5 Å². The van der Waals surface area contributed by atoms with Crippen LogP contribution in [-0.2, 0) is 0 Å². The summed E-state index contributed by atoms with van der Waals surface area (Å²) in [5.74, 6) is -0.0506. The number of anilines is 1. The van der Waals surface area contributed by atoms with E-state index in [1.165, 1.54) is 0 Å². The number of fused-ring (bicyclic) bond motifs is 1. The number of rotatable bonds is 5. The molecule has 4 nitrogen and oxygen atoms in total. The lowest BCUT2D eigenvalue weighted by Crippen LogP contribution is -2.22. The summed E-state index contributed by atoms with van der Waals surface area (Å²) in [5, 5.41) is 13.4. The molecular formula is C20H20N2O2. The highest BCUT2D eigenvalue weighted by molar-refractivity contribution is 6.28. The van der Waals surface area contributed by atoms with E-state index in [0.29, 0.717) is 29.1 Å². The van der Waals surface area contributed by atoms with Crippen LogP contribution >= 0.6 is 0 Å². The largest absolute Gasteiger partial charge is 0.507 e. The van der Waals surface area contributed by atoms with Gasteiger partial charge in [-0.25, -0.2) is 0 Å². The monoisotopic (exact) mass is 320 g/mol. The molecule has 24 heavy (non-hydrogen) atoms. The average molecular weight is 320 g/mol. The van der Waals surface area contributed by atoms with Crippen molar-refractivity contribution >= 4 is 17.2 Å². The van der Waals surface area contributed by atoms with Crippen molar-refractivity contribution in [3.8, 4) is 5.75 Å². The first-order valence-corrected chi connectivity index (χ1v) is 8.16. The highest BCUT2D eigenvalue weighted by Gasteiger charge is 2.26. The van der Waals surface area contributed by atoms with Crippen molar-refractivity contribution in [2.75, 3.05) is 11.9 Å². The van der Waals surface area contributed by atoms with Crippen molar-refractivity contribution in [2.45, 2.75) is 19.8 Å². The van der Waals surface area contributed by atoms with Crippen LogP contribution in [-0.4, -0.2) is 23.1 Å². The summed E-state index contributed by atoms with van der Waals surface area (Å²) in [5.41, 5.74) is 2.96. The Morgan fingerprint density at radius 3 is 2.62 bits per heavy atom. The van der Waals surface area contributed by atoms with E-state index in [1.54, 1.807) is 24.3 Å². The van der Waals surface area contributed by atoms with Crippen molar-refractivity contribution in [3.63, 3.8) is 0 Å². The Morgan fingerprint density at radius 2 is 1.88 bits per heavy atom. The van der Waals surface area contributed by atoms with Crippen LogP contribution in [0.2, 0.25) is 0 Å². The van der Waals surface area contributed by atoms with Crippen molar-refractivity contribution in [1.29, 1.82) is 0 Å². The predicted molar refractivity (Wildman–Crippen MR) is 96.9 cm³/mol. The van der Waals surface area contributed by atoms with E-state index in [2.05, 4.69) is 17.2 Å². The third-order valence-electron chi connectivity index (χ3n) is 3.92. The maximum atomic E-state index is 12.8. The van der Waals surface area contributed by atoms with Gasteiger partial charge in [0.1, 0.15) is 5.75 Å². The quantitative estimate of drug-likeness (QED) is 0.813. The number of Topliss-reactive ketones (excluding diaryl/α,β-unsaturated/α-hetero) is 1. The molecule has 1 aliphatic rings. The van der Waals surface area contributed by atoms with Crippen molar-refractivity contribution < 1.29 is 9.90 Å². The zero-order valence-electron chi connectivity index (χ0n) is 13.6. The molecule has 1 aliphatic carbocycles. The molecule has 4 heteroatoms. The average Bonchev–Trinajstić information content (AvgIpc) is 2.60. The molecule has 0 spiro atoms. The lowest BCUT2D eigenvalue weighted by atomic mass is 9.91. The van der Waals surface area contributed by atoms with Crippen molar-refractivity contribution in [3.05, 3.63) is 71.4 Å². The first-order chi connectivity index (χ1) is 11.7. The van der Waals surface area contributed by atoms with Crippen LogP contribution in [0.5, 0.6) is 5.75 Å². The molecule has 2 aromatic rings. The van der Waals surface area contributed by atoms with Gasteiger partial charge in [0.15, 0.2) is 0 Å². The molecule has 0 heterocycles. The molecular weight excluding hydrogens is 300 g/mol. The molecule has 0 saturated heterocycles. The summed E-state index contributed by atoms with van der Waals surface area (Å²) in [6.45, 7) is 2.77. The second kappa shape index (κ2) is 7.13. The smallest absolute Gasteiger partial charge is 0.210 e. The maximum absolute atomic E-state index is 12.8. The van der Waals surface area contributed by atoms with Crippen LogP contribution in [0, 0.1) is 0 Å². The fourth-order valence-electron chi connectivity index (χ4n) is 2.67. The van der Waals surface area contributed by atoms with Crippen LogP contribution in [0.4, 0.5) is 5.69 Å². The summed E-state index contributed by atoms with van der Waals surface area (Å²) >= 11 is 0. The maximum Gasteiger partial charge on any atom is 0.210 e. The van der Waals surface area contributed by atoms with Gasteiger partial charge in [-0.2, -0.15) is 0 Å². The number of aromatic hydroxyl groups is 1. The van der Waals surface area contributed by atoms with Crippen LogP contribution in [0.15, 0.2) is 65.3 Å². The van der Waals surface area contributed by atoms with Gasteiger partial charge in [0.25, 0.3) is 0 Å². The van der Waals surface area contributed by atoms with E-state index >= 15 is 0 Å². The number of aliphatic imine (C=N–C) groups is 1. The number of carbonyl (C=O) groups is 1. The molecule has 0 unspecified atom stereocenters. The number of benzene rings is 2. The van der Waals surface area contributed by atoms with Crippen molar-refractivity contribution in [2.24, 2.45) is 4.99 Å². The SMILES string of the molecule is CCCCN=C1C=C(Nc2ccccc2)C(=O)c2cccc(O)c21. The van der Waals surface area contributed by atoms with E-state index in [9.17, 15) is 9.90 Å². The molecule has 0 bridgehead atoms. The number of phenols is 1. The highest BCUT2D eigenvalue weighted by atomic mass is 16.3. The van der Waals surface area contributed by atoms with Gasteiger partial charge in [-0.15, -0.1) is 0 Å². The molecule has 2 aromatic carbocycles. The fraction of sp³-hybridized carbons (Fsp3) is 0.200. The molecule has 2 N–H and O–H groups in total. The number of hydrogen-bond acceptors (Lipinski definition) is 4. The third kappa shape index (κ3) is 3.23. The summed E-state index contributed by atoms with van der Waals surface area (Å²) < 4.78 is 0. The second-order valence-electron chi connectivity index (χ2n) is 5.70. The minimum atomic E-state index is -0.140. The van der Waals surface area contributed by atoms with Crippen LogP contribution < -0.4 is 5.32 Å². The molecule has 0 radical (unpaired) electrons. The number of unbranched alkanes of at least 4 members (excludes halogenated alkanes) is 1. The van der Waals surface area contributed by atoms with Crippen LogP contribution in [0.1, 0.15) is 35.7 Å². The molecule has 122 valence electrons. The normalized spacial score (nSPS) is 15.1. The van der Waals surface area contributed by atoms with E-state index in [4.69, 9.17) is 0 Å². The molecule has 0 fully saturated rings. The Kier molecular flexibility index (Phi) is 4.75. The van der Waals surface area contributed by atoms with Crippen molar-refractivity contribution in [1.82, 2.24) is 0 Å². The highest BCUT2D eigenvalue weighted by Crippen LogP contribution is 2.29. The Morgan fingerprint density at radius 1 is 1.08 bits per heavy atom. The van der Waals surface area contributed by atoms with Gasteiger partial charge < -0.3 is 10.4 Å². The number of hydrogen-bond donors (Lipinski definition) is 2. The predicted octanol–water partition coefficient (Wildman–Crippen LogP) is 4.17. The number of allylic oxidation sites excluding steroid dienone is 2. The summed E-state index contributed by atoms with van der Waals surface area (Å²) in [6.07, 6.45) is 3.74. The van der Waals surface area contributed by atoms with Gasteiger partial charge in [0.2, 0.25) is 5.78 Å². The van der Waals surface area contributed by atoms with Gasteiger partial charge in [0.05, 0.1) is 17.0 Å². The van der Waals surface area contributed by atoms with Gasteiger partial charge in [-0.05, 0) is 30.7 Å². The summed E-state index contributed by atoms with van der Waals surface area (Å²) in [6, 6.07) is 14.5. The van der Waals surface area contributed by atoms with Crippen LogP contribution in [0.3, 0.4) is 0 Å². The Hall–Kier alpha value is -2.88. The number of ketones is 1. The third-order valence-corrected chi connectivity index (χ3v) is 3.92. The van der Waals surface area contributed by atoms with Gasteiger partial charge in [-0.1, -0.05) is 43.7 Å². The zero-order chi connectivity index (χ0) is 16.9. The number of nitrogens with one attached hydrogen (secondary N) is 1. The van der Waals surface area contributed by atoms with Gasteiger partial charge in [0, 0.05) is 17.8 Å². The molecule has 0 atom stereocenters. The second-order valence-corrected chi connectivity index (χ2v) is 5.70. The zero-order valence-corrected chi connectivity index (χ0v) is 13.6. The molecule has 0 aliphatic heterocycles. The number of phenolic OH excluding ortho intramolecular Hbond substituents is 1. The minimum absolute atomic E-state index is 0.0890. The topological polar surface area (TPSA) is 61.7 Å². The molecule has 0 saturated carbocycles. The number of para-hydroxylation sites is 1. The first-order valence-electron chi connectivity index (χ1n) is 8.16. The number of carbonyl (C=O) groups excluding carboxylic acids is 1. The van der Waals surface area contributed by atoms with E-state index in [-0.39, 0.29) is 11.5 Å². The summed E-state index contributed by atoms with van der Waals surface area (Å²) in [7, 11) is 0. The Labute approximate surface area is 141 Å². The Balaban J connectivity index is 2.01. The van der Waals surface area contributed by atoms with E-state index in [1.807, 2.05) is 30.3 Å². The molecule has 3 rings (SSSR count). The summed E-state index contributed by atoms with van der Waals surface area (Å²) in [4.78, 5) is 17.3. The lowest BCUT2D eigenvalue weighted by molar-refractivity contribution is 0.103. The van der Waals surface area contributed by atoms with Gasteiger partial charge in [-0.3, -0.25) is 9.79 Å². The first kappa shape index (κ1) is 16.0.